The lowest BCUT2D eigenvalue weighted by atomic mass is 10.2. The van der Waals surface area contributed by atoms with Gasteiger partial charge < -0.3 is 9.64 Å². The van der Waals surface area contributed by atoms with Crippen LogP contribution in [-0.2, 0) is 4.74 Å². The van der Waals surface area contributed by atoms with Crippen molar-refractivity contribution in [2.45, 2.75) is 46.6 Å². The van der Waals surface area contributed by atoms with Gasteiger partial charge in [-0.3, -0.25) is 0 Å². The number of nitrogens with zero attached hydrogens (tertiary/aromatic N) is 1. The Morgan fingerprint density at radius 2 is 1.58 bits per heavy atom. The van der Waals surface area contributed by atoms with E-state index in [2.05, 4.69) is 0 Å². The van der Waals surface area contributed by atoms with E-state index in [0.29, 0.717) is 5.56 Å². The monoisotopic (exact) mass is 265 g/mol. The Labute approximate surface area is 117 Å². The van der Waals surface area contributed by atoms with Crippen LogP contribution in [0.25, 0.3) is 0 Å². The predicted molar refractivity (Wildman–Crippen MR) is 81.9 cm³/mol. The molecule has 1 rings (SSSR count). The zero-order chi connectivity index (χ0) is 14.8. The smallest absolute Gasteiger partial charge is 0.338 e. The van der Waals surface area contributed by atoms with Gasteiger partial charge in [0.25, 0.3) is 0 Å². The van der Waals surface area contributed by atoms with Gasteiger partial charge in [-0.1, -0.05) is 27.7 Å². The summed E-state index contributed by atoms with van der Waals surface area (Å²) in [6.45, 7) is 8.05. The second-order valence-electron chi connectivity index (χ2n) is 4.29. The average molecular weight is 265 g/mol. The highest BCUT2D eigenvalue weighted by atomic mass is 16.5. The Morgan fingerprint density at radius 3 is 1.95 bits per heavy atom. The number of benzene rings is 1. The van der Waals surface area contributed by atoms with Crippen LogP contribution in [0.5, 0.6) is 0 Å². The van der Waals surface area contributed by atoms with Crippen molar-refractivity contribution >= 4 is 11.7 Å². The number of anilines is 1. The number of hydrogen-bond donors (Lipinski definition) is 0. The third-order valence-corrected chi connectivity index (χ3v) is 2.80. The molecule has 3 heteroatoms. The molecule has 0 heterocycles. The van der Waals surface area contributed by atoms with Crippen LogP contribution in [0.4, 0.5) is 5.69 Å². The zero-order valence-electron chi connectivity index (χ0n) is 13.1. The summed E-state index contributed by atoms with van der Waals surface area (Å²) < 4.78 is 5.38. The third kappa shape index (κ3) is 5.77. The van der Waals surface area contributed by atoms with Crippen LogP contribution in [0.15, 0.2) is 24.3 Å². The van der Waals surface area contributed by atoms with Crippen LogP contribution in [0, 0.1) is 0 Å². The third-order valence-electron chi connectivity index (χ3n) is 2.80. The standard InChI is InChI=1S/C14H21NO2.C2H6/c1-5-13(6-2)17-14(16)11-7-9-12(10-8-11)15(3)4;1-2/h7-10,13H,5-6H2,1-4H3;1-2H3. The molecule has 0 fully saturated rings. The maximum atomic E-state index is 11.8. The lowest BCUT2D eigenvalue weighted by molar-refractivity contribution is 0.0284. The van der Waals surface area contributed by atoms with Crippen molar-refractivity contribution < 1.29 is 9.53 Å². The zero-order valence-corrected chi connectivity index (χ0v) is 13.1. The van der Waals surface area contributed by atoms with Crippen LogP contribution in [-0.4, -0.2) is 26.2 Å². The summed E-state index contributed by atoms with van der Waals surface area (Å²) in [6.07, 6.45) is 1.74. The fourth-order valence-electron chi connectivity index (χ4n) is 1.57. The molecule has 0 aromatic heterocycles. The largest absolute Gasteiger partial charge is 0.459 e. The van der Waals surface area contributed by atoms with Crippen molar-refractivity contribution in [1.29, 1.82) is 0 Å². The first kappa shape index (κ1) is 17.5. The van der Waals surface area contributed by atoms with Gasteiger partial charge in [0.05, 0.1) is 5.56 Å². The average Bonchev–Trinajstić information content (AvgIpc) is 2.46. The molecule has 0 amide bonds. The SMILES string of the molecule is CC.CCC(CC)OC(=O)c1ccc(N(C)C)cc1. The maximum absolute atomic E-state index is 11.8. The van der Waals surface area contributed by atoms with E-state index in [1.54, 1.807) is 12.1 Å². The number of esters is 1. The molecule has 0 unspecified atom stereocenters. The summed E-state index contributed by atoms with van der Waals surface area (Å²) >= 11 is 0. The molecule has 0 aliphatic heterocycles. The molecule has 3 nitrogen and oxygen atoms in total. The molecule has 0 aliphatic rings. The minimum Gasteiger partial charge on any atom is -0.459 e. The van der Waals surface area contributed by atoms with Crippen molar-refractivity contribution in [2.75, 3.05) is 19.0 Å². The Balaban J connectivity index is 0.00000154. The second-order valence-corrected chi connectivity index (χ2v) is 4.29. The number of ether oxygens (including phenoxy) is 1. The molecule has 108 valence electrons. The van der Waals surface area contributed by atoms with E-state index in [1.165, 1.54) is 0 Å². The Hall–Kier alpha value is -1.51. The first-order chi connectivity index (χ1) is 9.08. The van der Waals surface area contributed by atoms with Crippen molar-refractivity contribution in [2.24, 2.45) is 0 Å². The summed E-state index contributed by atoms with van der Waals surface area (Å²) in [6, 6.07) is 7.45. The van der Waals surface area contributed by atoms with E-state index in [0.717, 1.165) is 18.5 Å². The summed E-state index contributed by atoms with van der Waals surface area (Å²) in [4.78, 5) is 13.8. The molecule has 19 heavy (non-hydrogen) atoms. The van der Waals surface area contributed by atoms with Gasteiger partial charge in [-0.2, -0.15) is 0 Å². The van der Waals surface area contributed by atoms with Crippen LogP contribution in [0.2, 0.25) is 0 Å². The van der Waals surface area contributed by atoms with Gasteiger partial charge in [0.1, 0.15) is 6.10 Å². The number of hydrogen-bond acceptors (Lipinski definition) is 3. The highest BCUT2D eigenvalue weighted by Crippen LogP contribution is 2.14. The van der Waals surface area contributed by atoms with Gasteiger partial charge in [0.2, 0.25) is 0 Å². The van der Waals surface area contributed by atoms with Gasteiger partial charge in [-0.25, -0.2) is 4.79 Å². The normalized spacial score (nSPS) is 9.63. The van der Waals surface area contributed by atoms with Gasteiger partial charge >= 0.3 is 5.97 Å². The fraction of sp³-hybridized carbons (Fsp3) is 0.562. The Kier molecular flexibility index (Phi) is 8.68. The molecular weight excluding hydrogens is 238 g/mol. The molecule has 0 N–H and O–H groups in total. The minimum atomic E-state index is -0.232. The lowest BCUT2D eigenvalue weighted by Gasteiger charge is -2.15. The quantitative estimate of drug-likeness (QED) is 0.750. The molecule has 0 atom stereocenters. The topological polar surface area (TPSA) is 29.5 Å². The fourth-order valence-corrected chi connectivity index (χ4v) is 1.57. The number of rotatable bonds is 5. The van der Waals surface area contributed by atoms with Crippen LogP contribution in [0.3, 0.4) is 0 Å². The van der Waals surface area contributed by atoms with E-state index >= 15 is 0 Å². The summed E-state index contributed by atoms with van der Waals surface area (Å²) in [5.74, 6) is -0.232. The van der Waals surface area contributed by atoms with Gasteiger partial charge in [0, 0.05) is 19.8 Å². The number of carbonyl (C=O) groups excluding carboxylic acids is 1. The summed E-state index contributed by atoms with van der Waals surface area (Å²) in [5.41, 5.74) is 1.69. The molecule has 1 aromatic rings. The molecule has 0 spiro atoms. The van der Waals surface area contributed by atoms with Crippen LogP contribution >= 0.6 is 0 Å². The molecular formula is C16H27NO2. The van der Waals surface area contributed by atoms with Crippen molar-refractivity contribution in [3.05, 3.63) is 29.8 Å². The van der Waals surface area contributed by atoms with Gasteiger partial charge in [0.15, 0.2) is 0 Å². The second kappa shape index (κ2) is 9.42. The molecule has 0 aliphatic carbocycles. The summed E-state index contributed by atoms with van der Waals surface area (Å²) in [5, 5.41) is 0. The van der Waals surface area contributed by atoms with Crippen molar-refractivity contribution in [3.8, 4) is 0 Å². The molecule has 0 radical (unpaired) electrons. The van der Waals surface area contributed by atoms with E-state index in [9.17, 15) is 4.79 Å². The van der Waals surface area contributed by atoms with Crippen molar-refractivity contribution in [3.63, 3.8) is 0 Å². The number of carbonyl (C=O) groups is 1. The molecule has 0 saturated heterocycles. The van der Waals surface area contributed by atoms with Crippen LogP contribution in [0.1, 0.15) is 50.9 Å². The van der Waals surface area contributed by atoms with E-state index < -0.39 is 0 Å². The molecule has 0 saturated carbocycles. The molecule has 0 bridgehead atoms. The van der Waals surface area contributed by atoms with Crippen molar-refractivity contribution in [1.82, 2.24) is 0 Å². The molecule has 1 aromatic carbocycles. The lowest BCUT2D eigenvalue weighted by Crippen LogP contribution is -2.16. The predicted octanol–water partition coefficient (Wildman–Crippen LogP) is 4.12. The highest BCUT2D eigenvalue weighted by Gasteiger charge is 2.12. The van der Waals surface area contributed by atoms with Crippen LogP contribution < -0.4 is 4.90 Å². The minimum absolute atomic E-state index is 0.0241. The van der Waals surface area contributed by atoms with Gasteiger partial charge in [-0.05, 0) is 37.1 Å². The summed E-state index contributed by atoms with van der Waals surface area (Å²) in [7, 11) is 3.94. The first-order valence-electron chi connectivity index (χ1n) is 7.06. The Morgan fingerprint density at radius 1 is 1.11 bits per heavy atom. The van der Waals surface area contributed by atoms with E-state index in [-0.39, 0.29) is 12.1 Å². The highest BCUT2D eigenvalue weighted by molar-refractivity contribution is 5.89. The Bertz CT molecular complexity index is 354. The first-order valence-corrected chi connectivity index (χ1v) is 7.06. The van der Waals surface area contributed by atoms with E-state index in [1.807, 2.05) is 58.8 Å². The maximum Gasteiger partial charge on any atom is 0.338 e. The van der Waals surface area contributed by atoms with E-state index in [4.69, 9.17) is 4.74 Å². The van der Waals surface area contributed by atoms with Gasteiger partial charge in [-0.15, -0.1) is 0 Å².